The van der Waals surface area contributed by atoms with E-state index in [2.05, 4.69) is 31.5 Å². The molecule has 0 bridgehead atoms. The average Bonchev–Trinajstić information content (AvgIpc) is 2.43. The second-order valence-corrected chi connectivity index (χ2v) is 5.07. The number of carbonyl (C=O) groups is 1. The van der Waals surface area contributed by atoms with E-state index in [1.807, 2.05) is 6.92 Å². The molecule has 7 heteroatoms. The van der Waals surface area contributed by atoms with E-state index in [1.54, 1.807) is 6.07 Å². The van der Waals surface area contributed by atoms with Gasteiger partial charge in [-0.15, -0.1) is 0 Å². The quantitative estimate of drug-likeness (QED) is 0.876. The van der Waals surface area contributed by atoms with Crippen molar-refractivity contribution in [2.24, 2.45) is 0 Å². The number of anilines is 2. The zero-order valence-corrected chi connectivity index (χ0v) is 12.7. The molecule has 0 unspecified atom stereocenters. The fourth-order valence-corrected chi connectivity index (χ4v) is 2.11. The number of benzene rings is 1. The highest BCUT2D eigenvalue weighted by atomic mass is 79.9. The average molecular weight is 356 g/mol. The van der Waals surface area contributed by atoms with Crippen LogP contribution in [-0.4, -0.2) is 17.4 Å². The van der Waals surface area contributed by atoms with Gasteiger partial charge in [0.25, 0.3) is 5.91 Å². The monoisotopic (exact) mass is 355 g/mol. The minimum atomic E-state index is -0.863. The number of rotatable bonds is 4. The van der Waals surface area contributed by atoms with E-state index in [4.69, 9.17) is 0 Å². The van der Waals surface area contributed by atoms with Gasteiger partial charge in [0.05, 0.1) is 0 Å². The van der Waals surface area contributed by atoms with Crippen LogP contribution < -0.4 is 10.6 Å². The third-order valence-electron chi connectivity index (χ3n) is 2.62. The fourth-order valence-electron chi connectivity index (χ4n) is 1.71. The molecule has 0 atom stereocenters. The lowest BCUT2D eigenvalue weighted by molar-refractivity contribution is 0.102. The van der Waals surface area contributed by atoms with Crippen molar-refractivity contribution in [1.82, 2.24) is 4.98 Å². The first-order chi connectivity index (χ1) is 10.0. The van der Waals surface area contributed by atoms with Gasteiger partial charge in [0.1, 0.15) is 11.4 Å². The Kier molecular flexibility index (Phi) is 4.85. The molecule has 2 rings (SSSR count). The Bertz CT molecular complexity index is 656. The number of amides is 1. The van der Waals surface area contributed by atoms with Gasteiger partial charge in [0.15, 0.2) is 11.6 Å². The molecule has 4 nitrogen and oxygen atoms in total. The molecule has 0 aliphatic heterocycles. The molecule has 1 aromatic heterocycles. The minimum Gasteiger partial charge on any atom is -0.385 e. The van der Waals surface area contributed by atoms with Crippen LogP contribution >= 0.6 is 15.9 Å². The molecular formula is C14H12BrF2N3O. The summed E-state index contributed by atoms with van der Waals surface area (Å²) in [5.41, 5.74) is 0.267. The molecule has 0 aliphatic carbocycles. The van der Waals surface area contributed by atoms with Crippen molar-refractivity contribution in [3.05, 3.63) is 52.3 Å². The molecule has 0 radical (unpaired) electrons. The second-order valence-electron chi connectivity index (χ2n) is 4.16. The van der Waals surface area contributed by atoms with Crippen molar-refractivity contribution < 1.29 is 13.6 Å². The maximum absolute atomic E-state index is 13.7. The fraction of sp³-hybridized carbons (Fsp3) is 0.143. The highest BCUT2D eigenvalue weighted by Gasteiger charge is 2.15. The summed E-state index contributed by atoms with van der Waals surface area (Å²) in [5.74, 6) is -2.41. The van der Waals surface area contributed by atoms with Crippen molar-refractivity contribution in [3.8, 4) is 0 Å². The van der Waals surface area contributed by atoms with Gasteiger partial charge >= 0.3 is 0 Å². The van der Waals surface area contributed by atoms with Gasteiger partial charge in [0, 0.05) is 22.9 Å². The molecule has 1 aromatic carbocycles. The lowest BCUT2D eigenvalue weighted by Crippen LogP contribution is -2.16. The van der Waals surface area contributed by atoms with E-state index in [-0.39, 0.29) is 10.2 Å². The summed E-state index contributed by atoms with van der Waals surface area (Å²) < 4.78 is 27.6. The molecule has 0 fully saturated rings. The van der Waals surface area contributed by atoms with Crippen LogP contribution in [0.25, 0.3) is 0 Å². The van der Waals surface area contributed by atoms with E-state index < -0.39 is 23.2 Å². The van der Waals surface area contributed by atoms with Crippen molar-refractivity contribution in [1.29, 1.82) is 0 Å². The van der Waals surface area contributed by atoms with Crippen LogP contribution in [-0.2, 0) is 0 Å². The maximum Gasteiger partial charge on any atom is 0.274 e. The van der Waals surface area contributed by atoms with Crippen LogP contribution in [0, 0.1) is 11.6 Å². The smallest absolute Gasteiger partial charge is 0.274 e. The predicted molar refractivity (Wildman–Crippen MR) is 80.4 cm³/mol. The number of halogens is 3. The Hall–Kier alpha value is -2.02. The van der Waals surface area contributed by atoms with E-state index in [1.165, 1.54) is 12.3 Å². The largest absolute Gasteiger partial charge is 0.385 e. The summed E-state index contributed by atoms with van der Waals surface area (Å²) in [6.07, 6.45) is 1.45. The summed E-state index contributed by atoms with van der Waals surface area (Å²) in [4.78, 5) is 15.9. The molecule has 2 N–H and O–H groups in total. The third-order valence-corrected chi connectivity index (χ3v) is 3.08. The lowest BCUT2D eigenvalue weighted by Gasteiger charge is -2.09. The molecule has 2 aromatic rings. The Labute approximate surface area is 128 Å². The number of nitrogens with zero attached hydrogens (tertiary/aromatic N) is 1. The number of pyridine rings is 1. The lowest BCUT2D eigenvalue weighted by atomic mass is 10.2. The summed E-state index contributed by atoms with van der Waals surface area (Å²) in [7, 11) is 0. The van der Waals surface area contributed by atoms with E-state index >= 15 is 0 Å². The predicted octanol–water partition coefficient (Wildman–Crippen LogP) is 3.81. The zero-order valence-electron chi connectivity index (χ0n) is 11.1. The molecule has 110 valence electrons. The number of hydrogen-bond donors (Lipinski definition) is 2. The van der Waals surface area contributed by atoms with Gasteiger partial charge in [-0.3, -0.25) is 9.78 Å². The van der Waals surface area contributed by atoms with Crippen molar-refractivity contribution in [2.45, 2.75) is 6.92 Å². The summed E-state index contributed by atoms with van der Waals surface area (Å²) >= 11 is 2.97. The molecule has 0 saturated heterocycles. The van der Waals surface area contributed by atoms with Crippen molar-refractivity contribution >= 4 is 33.2 Å². The van der Waals surface area contributed by atoms with Crippen molar-refractivity contribution in [3.63, 3.8) is 0 Å². The van der Waals surface area contributed by atoms with Gasteiger partial charge in [-0.05, 0) is 31.2 Å². The molecule has 0 aliphatic rings. The zero-order chi connectivity index (χ0) is 15.4. The van der Waals surface area contributed by atoms with Crippen LogP contribution in [0.3, 0.4) is 0 Å². The summed E-state index contributed by atoms with van der Waals surface area (Å²) in [5, 5.41) is 5.21. The molecule has 0 saturated carbocycles. The molecule has 1 heterocycles. The Morgan fingerprint density at radius 2 is 1.95 bits per heavy atom. The Balaban J connectivity index is 2.24. The van der Waals surface area contributed by atoms with Crippen LogP contribution in [0.1, 0.15) is 17.4 Å². The number of carbonyl (C=O) groups excluding carboxylic acids is 1. The molecular weight excluding hydrogens is 344 g/mol. The molecule has 0 spiro atoms. The first-order valence-corrected chi connectivity index (χ1v) is 6.96. The number of nitrogens with one attached hydrogen (secondary N) is 2. The normalized spacial score (nSPS) is 10.3. The van der Waals surface area contributed by atoms with Gasteiger partial charge in [-0.2, -0.15) is 0 Å². The van der Waals surface area contributed by atoms with Crippen LogP contribution in [0.4, 0.5) is 20.2 Å². The van der Waals surface area contributed by atoms with Crippen molar-refractivity contribution in [2.75, 3.05) is 17.2 Å². The first kappa shape index (κ1) is 15.4. The molecule has 21 heavy (non-hydrogen) atoms. The molecule has 1 amide bonds. The maximum atomic E-state index is 13.7. The first-order valence-electron chi connectivity index (χ1n) is 6.17. The van der Waals surface area contributed by atoms with Gasteiger partial charge in [0.2, 0.25) is 0 Å². The van der Waals surface area contributed by atoms with Crippen LogP contribution in [0.5, 0.6) is 0 Å². The topological polar surface area (TPSA) is 54.0 Å². The Morgan fingerprint density at radius 3 is 2.57 bits per heavy atom. The van der Waals surface area contributed by atoms with Crippen LogP contribution in [0.2, 0.25) is 0 Å². The van der Waals surface area contributed by atoms with E-state index in [0.717, 1.165) is 12.1 Å². The number of aromatic nitrogens is 1. The van der Waals surface area contributed by atoms with E-state index in [0.29, 0.717) is 12.2 Å². The summed E-state index contributed by atoms with van der Waals surface area (Å²) in [6, 6.07) is 5.34. The van der Waals surface area contributed by atoms with Gasteiger partial charge < -0.3 is 10.6 Å². The number of hydrogen-bond acceptors (Lipinski definition) is 3. The SMILES string of the molecule is CCNc1ccnc(C(=O)Nc2c(F)cc(Br)cc2F)c1. The standard InChI is InChI=1S/C14H12BrF2N3O/c1-2-18-9-3-4-19-12(7-9)14(21)20-13-10(16)5-8(15)6-11(13)17/h3-7H,2H2,1H3,(H,18,19)(H,20,21). The minimum absolute atomic E-state index is 0.0650. The third kappa shape index (κ3) is 3.75. The van der Waals surface area contributed by atoms with Gasteiger partial charge in [-0.25, -0.2) is 8.78 Å². The highest BCUT2D eigenvalue weighted by Crippen LogP contribution is 2.24. The second kappa shape index (κ2) is 6.62. The summed E-state index contributed by atoms with van der Waals surface area (Å²) in [6.45, 7) is 2.59. The van der Waals surface area contributed by atoms with Gasteiger partial charge in [-0.1, -0.05) is 15.9 Å². The van der Waals surface area contributed by atoms with E-state index in [9.17, 15) is 13.6 Å². The Morgan fingerprint density at radius 1 is 1.29 bits per heavy atom. The highest BCUT2D eigenvalue weighted by molar-refractivity contribution is 9.10. The van der Waals surface area contributed by atoms with Crippen LogP contribution in [0.15, 0.2) is 34.9 Å².